The van der Waals surface area contributed by atoms with Crippen LogP contribution in [-0.4, -0.2) is 16.1 Å². The number of benzene rings is 2. The smallest absolute Gasteiger partial charge is 0.270 e. The molecule has 5 heteroatoms. The Hall–Kier alpha value is -2.59. The van der Waals surface area contributed by atoms with Gasteiger partial charge in [0.2, 0.25) is 0 Å². The molecule has 0 aliphatic carbocycles. The summed E-state index contributed by atoms with van der Waals surface area (Å²) < 4.78 is 0. The van der Waals surface area contributed by atoms with Crippen molar-refractivity contribution in [2.75, 3.05) is 0 Å². The summed E-state index contributed by atoms with van der Waals surface area (Å²) in [5.74, 6) is -0.158. The molecule has 4 nitrogen and oxygen atoms in total. The maximum Gasteiger partial charge on any atom is 0.270 e. The average Bonchev–Trinajstić information content (AvgIpc) is 3.11. The van der Waals surface area contributed by atoms with Crippen LogP contribution in [0.25, 0.3) is 11.3 Å². The molecule has 108 valence electrons. The van der Waals surface area contributed by atoms with Gasteiger partial charge in [-0.05, 0) is 11.6 Å². The summed E-state index contributed by atoms with van der Waals surface area (Å²) >= 11 is 6.30. The highest BCUT2D eigenvalue weighted by molar-refractivity contribution is 6.31. The fourth-order valence-electron chi connectivity index (χ4n) is 2.84. The predicted molar refractivity (Wildman–Crippen MR) is 84.8 cm³/mol. The van der Waals surface area contributed by atoms with Gasteiger partial charge in [-0.2, -0.15) is 5.10 Å². The number of aromatic nitrogens is 2. The Morgan fingerprint density at radius 1 is 1.00 bits per heavy atom. The average molecular weight is 310 g/mol. The van der Waals surface area contributed by atoms with E-state index in [9.17, 15) is 4.79 Å². The third-order valence-corrected chi connectivity index (χ3v) is 4.20. The number of rotatable bonds is 2. The second-order valence-electron chi connectivity index (χ2n) is 5.15. The molecule has 2 heterocycles. The highest BCUT2D eigenvalue weighted by atomic mass is 35.5. The van der Waals surface area contributed by atoms with Gasteiger partial charge in [-0.1, -0.05) is 60.1 Å². The Kier molecular flexibility index (Phi) is 2.98. The number of fused-ring (bicyclic) bond motifs is 1. The fourth-order valence-corrected chi connectivity index (χ4v) is 3.08. The first-order chi connectivity index (χ1) is 10.8. The second-order valence-corrected chi connectivity index (χ2v) is 5.56. The van der Waals surface area contributed by atoms with Gasteiger partial charge in [0.1, 0.15) is 5.69 Å². The number of nitrogens with one attached hydrogen (secondary N) is 2. The molecule has 0 spiro atoms. The molecule has 22 heavy (non-hydrogen) atoms. The first-order valence-corrected chi connectivity index (χ1v) is 7.32. The van der Waals surface area contributed by atoms with Gasteiger partial charge < -0.3 is 5.32 Å². The largest absolute Gasteiger partial charge is 0.340 e. The lowest BCUT2D eigenvalue weighted by atomic mass is 9.97. The van der Waals surface area contributed by atoms with Crippen LogP contribution in [0.4, 0.5) is 0 Å². The van der Waals surface area contributed by atoms with E-state index in [1.165, 1.54) is 0 Å². The van der Waals surface area contributed by atoms with Crippen molar-refractivity contribution in [1.82, 2.24) is 15.5 Å². The Labute approximate surface area is 132 Å². The van der Waals surface area contributed by atoms with Crippen molar-refractivity contribution in [2.24, 2.45) is 0 Å². The standard InChI is InChI=1S/C17H12ClN3O/c18-12-9-5-4-8-11(12)15-13-14(10-6-2-1-3-7-10)20-21-16(13)17(22)19-15/h1-9,15H,(H,19,22)(H,20,21). The zero-order chi connectivity index (χ0) is 15.1. The minimum absolute atomic E-state index is 0.158. The summed E-state index contributed by atoms with van der Waals surface area (Å²) in [4.78, 5) is 12.2. The van der Waals surface area contributed by atoms with Crippen LogP contribution >= 0.6 is 11.6 Å². The maximum atomic E-state index is 12.2. The van der Waals surface area contributed by atoms with Crippen molar-refractivity contribution in [3.8, 4) is 11.3 Å². The van der Waals surface area contributed by atoms with Crippen molar-refractivity contribution < 1.29 is 4.79 Å². The number of carbonyl (C=O) groups is 1. The van der Waals surface area contributed by atoms with Crippen LogP contribution in [0, 0.1) is 0 Å². The van der Waals surface area contributed by atoms with Gasteiger partial charge in [-0.15, -0.1) is 0 Å². The maximum absolute atomic E-state index is 12.2. The minimum atomic E-state index is -0.287. The van der Waals surface area contributed by atoms with Crippen molar-refractivity contribution in [2.45, 2.75) is 6.04 Å². The number of carbonyl (C=O) groups excluding carboxylic acids is 1. The Morgan fingerprint density at radius 3 is 2.50 bits per heavy atom. The van der Waals surface area contributed by atoms with E-state index in [0.29, 0.717) is 10.7 Å². The molecule has 2 N–H and O–H groups in total. The lowest BCUT2D eigenvalue weighted by Crippen LogP contribution is -2.21. The van der Waals surface area contributed by atoms with E-state index in [-0.39, 0.29) is 11.9 Å². The van der Waals surface area contributed by atoms with Crippen LogP contribution in [-0.2, 0) is 0 Å². The van der Waals surface area contributed by atoms with Crippen molar-refractivity contribution in [3.63, 3.8) is 0 Å². The van der Waals surface area contributed by atoms with Gasteiger partial charge in [-0.3, -0.25) is 9.89 Å². The first kappa shape index (κ1) is 13.1. The summed E-state index contributed by atoms with van der Waals surface area (Å²) in [5, 5.41) is 10.8. The third kappa shape index (κ3) is 1.92. The van der Waals surface area contributed by atoms with E-state index in [2.05, 4.69) is 15.5 Å². The molecular formula is C17H12ClN3O. The highest BCUT2D eigenvalue weighted by Crippen LogP contribution is 2.38. The number of hydrogen-bond donors (Lipinski definition) is 2. The molecule has 1 aliphatic heterocycles. The molecular weight excluding hydrogens is 298 g/mol. The number of hydrogen-bond acceptors (Lipinski definition) is 2. The number of halogens is 1. The van der Waals surface area contributed by atoms with Crippen LogP contribution in [0.1, 0.15) is 27.7 Å². The number of amides is 1. The fraction of sp³-hybridized carbons (Fsp3) is 0.0588. The summed E-state index contributed by atoms with van der Waals surface area (Å²) in [5.41, 5.74) is 3.97. The Bertz CT molecular complexity index is 857. The van der Waals surface area contributed by atoms with E-state index >= 15 is 0 Å². The third-order valence-electron chi connectivity index (χ3n) is 3.86. The van der Waals surface area contributed by atoms with Gasteiger partial charge in [0.15, 0.2) is 0 Å². The molecule has 0 saturated carbocycles. The summed E-state index contributed by atoms with van der Waals surface area (Å²) in [6.07, 6.45) is 0. The van der Waals surface area contributed by atoms with E-state index < -0.39 is 0 Å². The molecule has 4 rings (SSSR count). The molecule has 0 bridgehead atoms. The molecule has 0 radical (unpaired) electrons. The number of H-pyrrole nitrogens is 1. The Morgan fingerprint density at radius 2 is 1.73 bits per heavy atom. The van der Waals surface area contributed by atoms with Crippen molar-refractivity contribution in [3.05, 3.63) is 76.4 Å². The van der Waals surface area contributed by atoms with E-state index in [1.807, 2.05) is 54.6 Å². The Balaban J connectivity index is 1.90. The van der Waals surface area contributed by atoms with Crippen molar-refractivity contribution >= 4 is 17.5 Å². The zero-order valence-electron chi connectivity index (χ0n) is 11.5. The van der Waals surface area contributed by atoms with Gasteiger partial charge in [0.05, 0.1) is 11.7 Å². The molecule has 1 amide bonds. The summed E-state index contributed by atoms with van der Waals surface area (Å²) in [6, 6.07) is 17.0. The molecule has 2 aromatic carbocycles. The van der Waals surface area contributed by atoms with Gasteiger partial charge in [-0.25, -0.2) is 0 Å². The second kappa shape index (κ2) is 5.00. The monoisotopic (exact) mass is 309 g/mol. The zero-order valence-corrected chi connectivity index (χ0v) is 12.3. The lowest BCUT2D eigenvalue weighted by Gasteiger charge is -2.14. The minimum Gasteiger partial charge on any atom is -0.340 e. The van der Waals surface area contributed by atoms with Crippen LogP contribution in [0.15, 0.2) is 54.6 Å². The predicted octanol–water partition coefficient (Wildman–Crippen LogP) is 3.56. The van der Waals surface area contributed by atoms with E-state index in [1.54, 1.807) is 0 Å². The van der Waals surface area contributed by atoms with Gasteiger partial charge in [0, 0.05) is 16.1 Å². The molecule has 0 fully saturated rings. The molecule has 1 aliphatic rings. The number of aromatic amines is 1. The van der Waals surface area contributed by atoms with Crippen LogP contribution in [0.2, 0.25) is 5.02 Å². The van der Waals surface area contributed by atoms with Crippen molar-refractivity contribution in [1.29, 1.82) is 0 Å². The lowest BCUT2D eigenvalue weighted by molar-refractivity contribution is 0.0955. The van der Waals surface area contributed by atoms with E-state index in [0.717, 1.165) is 22.4 Å². The quantitative estimate of drug-likeness (QED) is 0.760. The molecule has 1 unspecified atom stereocenters. The van der Waals surface area contributed by atoms with Crippen LogP contribution in [0.3, 0.4) is 0 Å². The van der Waals surface area contributed by atoms with E-state index in [4.69, 9.17) is 11.6 Å². The highest BCUT2D eigenvalue weighted by Gasteiger charge is 2.36. The van der Waals surface area contributed by atoms with Crippen LogP contribution in [0.5, 0.6) is 0 Å². The van der Waals surface area contributed by atoms with Gasteiger partial charge >= 0.3 is 0 Å². The van der Waals surface area contributed by atoms with Crippen LogP contribution < -0.4 is 5.32 Å². The molecule has 1 aromatic heterocycles. The topological polar surface area (TPSA) is 57.8 Å². The first-order valence-electron chi connectivity index (χ1n) is 6.94. The molecule has 0 saturated heterocycles. The summed E-state index contributed by atoms with van der Waals surface area (Å²) in [6.45, 7) is 0. The number of nitrogens with zero attached hydrogens (tertiary/aromatic N) is 1. The van der Waals surface area contributed by atoms with Gasteiger partial charge in [0.25, 0.3) is 5.91 Å². The normalized spacial score (nSPS) is 16.4. The summed E-state index contributed by atoms with van der Waals surface area (Å²) in [7, 11) is 0. The molecule has 3 aromatic rings. The molecule has 1 atom stereocenters. The SMILES string of the molecule is O=C1NC(c2ccccc2Cl)c2c(-c3ccccc3)n[nH]c21.